The van der Waals surface area contributed by atoms with Crippen LogP contribution in [0.5, 0.6) is 5.75 Å². The molecule has 0 spiro atoms. The minimum absolute atomic E-state index is 0.00868. The third-order valence-corrected chi connectivity index (χ3v) is 4.09. The number of nitrogens with zero attached hydrogens (tertiary/aromatic N) is 1. The number of hydrogen-bond donors (Lipinski definition) is 1. The van der Waals surface area contributed by atoms with Crippen LogP contribution in [-0.2, 0) is 15.0 Å². The molecule has 2 rings (SSSR count). The SMILES string of the molecule is CC(C)(C)c1ccccc1OC1CCN(C(=O)CC(=O)O)CC1. The van der Waals surface area contributed by atoms with Crippen LogP contribution >= 0.6 is 0 Å². The maximum absolute atomic E-state index is 11.8. The number of hydrogen-bond acceptors (Lipinski definition) is 3. The topological polar surface area (TPSA) is 66.8 Å². The molecular formula is C18H25NO4. The summed E-state index contributed by atoms with van der Waals surface area (Å²) in [6.07, 6.45) is 1.08. The van der Waals surface area contributed by atoms with Gasteiger partial charge in [-0.3, -0.25) is 9.59 Å². The molecule has 23 heavy (non-hydrogen) atoms. The first-order chi connectivity index (χ1) is 10.8. The van der Waals surface area contributed by atoms with Crippen LogP contribution in [0.2, 0.25) is 0 Å². The Hall–Kier alpha value is -2.04. The highest BCUT2D eigenvalue weighted by Gasteiger charge is 2.26. The van der Waals surface area contributed by atoms with Gasteiger partial charge >= 0.3 is 5.97 Å². The third-order valence-electron chi connectivity index (χ3n) is 4.09. The number of piperidine rings is 1. The lowest BCUT2D eigenvalue weighted by Gasteiger charge is -2.33. The quantitative estimate of drug-likeness (QED) is 0.867. The van der Waals surface area contributed by atoms with Crippen LogP contribution in [0.1, 0.15) is 45.6 Å². The van der Waals surface area contributed by atoms with E-state index in [4.69, 9.17) is 9.84 Å². The summed E-state index contributed by atoms with van der Waals surface area (Å²) in [7, 11) is 0. The molecule has 1 heterocycles. The summed E-state index contributed by atoms with van der Waals surface area (Å²) in [5.74, 6) is -0.492. The Balaban J connectivity index is 1.95. The molecule has 0 bridgehead atoms. The summed E-state index contributed by atoms with van der Waals surface area (Å²) in [5.41, 5.74) is 1.18. The minimum atomic E-state index is -1.08. The Kier molecular flexibility index (Phi) is 5.29. The van der Waals surface area contributed by atoms with Crippen molar-refractivity contribution in [1.82, 2.24) is 4.90 Å². The fourth-order valence-electron chi connectivity index (χ4n) is 2.83. The summed E-state index contributed by atoms with van der Waals surface area (Å²) >= 11 is 0. The number of carboxylic acids is 1. The maximum Gasteiger partial charge on any atom is 0.312 e. The second-order valence-corrected chi connectivity index (χ2v) is 7.01. The first-order valence-corrected chi connectivity index (χ1v) is 8.03. The van der Waals surface area contributed by atoms with Gasteiger partial charge < -0.3 is 14.7 Å². The molecule has 0 aromatic heterocycles. The lowest BCUT2D eigenvalue weighted by molar-refractivity contribution is -0.145. The summed E-state index contributed by atoms with van der Waals surface area (Å²) < 4.78 is 6.17. The van der Waals surface area contributed by atoms with Crippen LogP contribution in [0, 0.1) is 0 Å². The Morgan fingerprint density at radius 2 is 1.83 bits per heavy atom. The van der Waals surface area contributed by atoms with Crippen molar-refractivity contribution < 1.29 is 19.4 Å². The zero-order chi connectivity index (χ0) is 17.0. The number of carbonyl (C=O) groups is 2. The van der Waals surface area contributed by atoms with Crippen molar-refractivity contribution in [2.75, 3.05) is 13.1 Å². The Morgan fingerprint density at radius 1 is 1.22 bits per heavy atom. The van der Waals surface area contributed by atoms with Gasteiger partial charge in [-0.1, -0.05) is 39.0 Å². The van der Waals surface area contributed by atoms with Gasteiger partial charge in [-0.25, -0.2) is 0 Å². The number of carboxylic acid groups (broad SMARTS) is 1. The van der Waals surface area contributed by atoms with Crippen molar-refractivity contribution in [3.05, 3.63) is 29.8 Å². The molecule has 0 atom stereocenters. The summed E-state index contributed by atoms with van der Waals surface area (Å²) in [5, 5.41) is 8.70. The number of likely N-dealkylation sites (tertiary alicyclic amines) is 1. The second-order valence-electron chi connectivity index (χ2n) is 7.01. The van der Waals surface area contributed by atoms with Gasteiger partial charge in [0.1, 0.15) is 18.3 Å². The van der Waals surface area contributed by atoms with E-state index in [2.05, 4.69) is 26.8 Å². The van der Waals surface area contributed by atoms with Crippen molar-refractivity contribution in [2.24, 2.45) is 0 Å². The van der Waals surface area contributed by atoms with Crippen molar-refractivity contribution in [3.8, 4) is 5.75 Å². The molecule has 5 nitrogen and oxygen atoms in total. The van der Waals surface area contributed by atoms with E-state index in [1.165, 1.54) is 5.56 Å². The zero-order valence-corrected chi connectivity index (χ0v) is 14.0. The minimum Gasteiger partial charge on any atom is -0.490 e. The van der Waals surface area contributed by atoms with Gasteiger partial charge in [0, 0.05) is 25.9 Å². The van der Waals surface area contributed by atoms with Gasteiger partial charge in [0.25, 0.3) is 0 Å². The molecule has 1 aliphatic heterocycles. The molecule has 1 aliphatic rings. The number of benzene rings is 1. The lowest BCUT2D eigenvalue weighted by Crippen LogP contribution is -2.42. The first kappa shape index (κ1) is 17.3. The zero-order valence-electron chi connectivity index (χ0n) is 14.0. The van der Waals surface area contributed by atoms with Gasteiger partial charge in [0.15, 0.2) is 0 Å². The molecule has 1 aromatic carbocycles. The van der Waals surface area contributed by atoms with Gasteiger partial charge in [-0.15, -0.1) is 0 Å². The number of amides is 1. The van der Waals surface area contributed by atoms with Crippen LogP contribution in [0.25, 0.3) is 0 Å². The van der Waals surface area contributed by atoms with Gasteiger partial charge in [-0.2, -0.15) is 0 Å². The summed E-state index contributed by atoms with van der Waals surface area (Å²) in [6.45, 7) is 7.57. The predicted octanol–water partition coefficient (Wildman–Crippen LogP) is 2.83. The second kappa shape index (κ2) is 7.02. The van der Waals surface area contributed by atoms with E-state index >= 15 is 0 Å². The van der Waals surface area contributed by atoms with E-state index in [-0.39, 0.29) is 17.4 Å². The maximum atomic E-state index is 11.8. The molecule has 0 aliphatic carbocycles. The van der Waals surface area contributed by atoms with Crippen LogP contribution in [0.3, 0.4) is 0 Å². The fraction of sp³-hybridized carbons (Fsp3) is 0.556. The molecule has 126 valence electrons. The van der Waals surface area contributed by atoms with E-state index in [0.717, 1.165) is 18.6 Å². The van der Waals surface area contributed by atoms with Gasteiger partial charge in [0.05, 0.1) is 0 Å². The smallest absolute Gasteiger partial charge is 0.312 e. The van der Waals surface area contributed by atoms with Crippen LogP contribution in [-0.4, -0.2) is 41.1 Å². The molecular weight excluding hydrogens is 294 g/mol. The number of ether oxygens (including phenoxy) is 1. The summed E-state index contributed by atoms with van der Waals surface area (Å²) in [6, 6.07) is 8.06. The molecule has 1 aromatic rings. The molecule has 1 fully saturated rings. The number of rotatable bonds is 4. The van der Waals surface area contributed by atoms with Crippen LogP contribution in [0.15, 0.2) is 24.3 Å². The highest BCUT2D eigenvalue weighted by Crippen LogP contribution is 2.32. The van der Waals surface area contributed by atoms with E-state index in [1.54, 1.807) is 4.90 Å². The van der Waals surface area contributed by atoms with Crippen molar-refractivity contribution in [1.29, 1.82) is 0 Å². The van der Waals surface area contributed by atoms with Crippen molar-refractivity contribution >= 4 is 11.9 Å². The van der Waals surface area contributed by atoms with Crippen molar-refractivity contribution in [3.63, 3.8) is 0 Å². The van der Waals surface area contributed by atoms with Gasteiger partial charge in [0.2, 0.25) is 5.91 Å². The molecule has 0 radical (unpaired) electrons. The van der Waals surface area contributed by atoms with E-state index in [0.29, 0.717) is 13.1 Å². The molecule has 0 unspecified atom stereocenters. The fourth-order valence-corrected chi connectivity index (χ4v) is 2.83. The average Bonchev–Trinajstić information content (AvgIpc) is 2.46. The van der Waals surface area contributed by atoms with E-state index in [9.17, 15) is 9.59 Å². The Labute approximate surface area is 137 Å². The predicted molar refractivity (Wildman–Crippen MR) is 87.6 cm³/mol. The normalized spacial score (nSPS) is 16.2. The highest BCUT2D eigenvalue weighted by atomic mass is 16.5. The number of para-hydroxylation sites is 1. The lowest BCUT2D eigenvalue weighted by atomic mass is 9.86. The Morgan fingerprint density at radius 3 is 2.39 bits per heavy atom. The molecule has 5 heteroatoms. The largest absolute Gasteiger partial charge is 0.490 e. The van der Waals surface area contributed by atoms with E-state index in [1.807, 2.05) is 18.2 Å². The van der Waals surface area contributed by atoms with Gasteiger partial charge in [-0.05, 0) is 17.0 Å². The first-order valence-electron chi connectivity index (χ1n) is 8.03. The molecule has 0 saturated carbocycles. The highest BCUT2D eigenvalue weighted by molar-refractivity contribution is 5.93. The number of aliphatic carboxylic acids is 1. The number of carbonyl (C=O) groups excluding carboxylic acids is 1. The molecule has 1 amide bonds. The molecule has 1 saturated heterocycles. The average molecular weight is 319 g/mol. The third kappa shape index (κ3) is 4.71. The molecule has 1 N–H and O–H groups in total. The van der Waals surface area contributed by atoms with Crippen LogP contribution in [0.4, 0.5) is 0 Å². The van der Waals surface area contributed by atoms with Crippen LogP contribution < -0.4 is 4.74 Å². The summed E-state index contributed by atoms with van der Waals surface area (Å²) in [4.78, 5) is 24.0. The Bertz CT molecular complexity index is 569. The standard InChI is InChI=1S/C18H25NO4/c1-18(2,3)14-6-4-5-7-15(14)23-13-8-10-19(11-9-13)16(20)12-17(21)22/h4-7,13H,8-12H2,1-3H3,(H,21,22). The van der Waals surface area contributed by atoms with E-state index < -0.39 is 12.4 Å². The van der Waals surface area contributed by atoms with Crippen molar-refractivity contribution in [2.45, 2.75) is 51.6 Å². The monoisotopic (exact) mass is 319 g/mol.